The van der Waals surface area contributed by atoms with Gasteiger partial charge >= 0.3 is 6.18 Å². The van der Waals surface area contributed by atoms with E-state index >= 15 is 0 Å². The molecule has 0 bridgehead atoms. The van der Waals surface area contributed by atoms with E-state index in [1.807, 2.05) is 30.3 Å². The summed E-state index contributed by atoms with van der Waals surface area (Å²) in [5, 5.41) is 1.03. The minimum absolute atomic E-state index is 0.600. The maximum atomic E-state index is 12.5. The Balaban J connectivity index is 1.84. The normalized spacial score (nSPS) is 11.8. The molecule has 0 saturated heterocycles. The molecule has 0 aliphatic heterocycles. The fraction of sp³-hybridized carbons (Fsp3) is 0.118. The number of alkyl halides is 3. The van der Waals surface area contributed by atoms with Crippen molar-refractivity contribution in [1.82, 2.24) is 4.98 Å². The molecule has 0 unspecified atom stereocenters. The lowest BCUT2D eigenvalue weighted by Crippen LogP contribution is -2.04. The van der Waals surface area contributed by atoms with Crippen molar-refractivity contribution in [1.29, 1.82) is 0 Å². The van der Waals surface area contributed by atoms with Gasteiger partial charge in [-0.15, -0.1) is 0 Å². The van der Waals surface area contributed by atoms with Crippen molar-refractivity contribution in [3.8, 4) is 0 Å². The molecule has 0 fully saturated rings. The van der Waals surface area contributed by atoms with Crippen molar-refractivity contribution < 1.29 is 13.2 Å². The molecule has 0 amide bonds. The van der Waals surface area contributed by atoms with Crippen LogP contribution in [0.15, 0.2) is 60.8 Å². The van der Waals surface area contributed by atoms with Gasteiger partial charge in [0, 0.05) is 11.6 Å². The van der Waals surface area contributed by atoms with E-state index in [0.717, 1.165) is 34.2 Å². The lowest BCUT2D eigenvalue weighted by atomic mass is 10.0. The van der Waals surface area contributed by atoms with Crippen LogP contribution in [0.3, 0.4) is 0 Å². The summed E-state index contributed by atoms with van der Waals surface area (Å²) in [7, 11) is 0. The number of pyridine rings is 1. The second-order valence-corrected chi connectivity index (χ2v) is 4.90. The van der Waals surface area contributed by atoms with Crippen LogP contribution in [0.5, 0.6) is 0 Å². The molecular formula is C17H12F3N. The van der Waals surface area contributed by atoms with Crippen LogP contribution < -0.4 is 0 Å². The Bertz CT molecular complexity index is 761. The molecule has 0 aliphatic rings. The Labute approximate surface area is 120 Å². The minimum atomic E-state index is -4.28. The number of aromatic nitrogens is 1. The third-order valence-electron chi connectivity index (χ3n) is 3.36. The summed E-state index contributed by atoms with van der Waals surface area (Å²) in [5.41, 5.74) is 2.20. The van der Waals surface area contributed by atoms with Gasteiger partial charge in [-0.05, 0) is 47.9 Å². The van der Waals surface area contributed by atoms with Gasteiger partial charge < -0.3 is 0 Å². The highest BCUT2D eigenvalue weighted by molar-refractivity contribution is 5.79. The molecule has 3 aromatic rings. The zero-order chi connectivity index (χ0) is 14.9. The summed E-state index contributed by atoms with van der Waals surface area (Å²) in [6.07, 6.45) is -1.95. The number of hydrogen-bond donors (Lipinski definition) is 0. The van der Waals surface area contributed by atoms with Crippen LogP contribution >= 0.6 is 0 Å². The van der Waals surface area contributed by atoms with Crippen LogP contribution in [0.4, 0.5) is 13.2 Å². The second-order valence-electron chi connectivity index (χ2n) is 4.90. The summed E-state index contributed by atoms with van der Waals surface area (Å²) in [5.74, 6) is 0. The lowest BCUT2D eigenvalue weighted by molar-refractivity contribution is -0.137. The highest BCUT2D eigenvalue weighted by Gasteiger charge is 2.29. The van der Waals surface area contributed by atoms with Gasteiger partial charge in [0.05, 0.1) is 11.1 Å². The van der Waals surface area contributed by atoms with Gasteiger partial charge in [-0.2, -0.15) is 13.2 Å². The summed E-state index contributed by atoms with van der Waals surface area (Å²) in [6, 6.07) is 15.0. The van der Waals surface area contributed by atoms with Gasteiger partial charge in [-0.25, -0.2) is 0 Å². The number of hydrogen-bond acceptors (Lipinski definition) is 1. The highest BCUT2D eigenvalue weighted by Crippen LogP contribution is 2.29. The molecule has 0 radical (unpaired) electrons. The van der Waals surface area contributed by atoms with Crippen LogP contribution in [0, 0.1) is 0 Å². The van der Waals surface area contributed by atoms with Crippen LogP contribution in [0.25, 0.3) is 10.9 Å². The number of fused-ring (bicyclic) bond motifs is 1. The molecule has 106 valence electrons. The topological polar surface area (TPSA) is 12.9 Å². The van der Waals surface area contributed by atoms with Crippen molar-refractivity contribution in [2.45, 2.75) is 12.6 Å². The summed E-state index contributed by atoms with van der Waals surface area (Å²) < 4.78 is 37.5. The maximum absolute atomic E-state index is 12.5. The number of rotatable bonds is 2. The van der Waals surface area contributed by atoms with Gasteiger partial charge in [0.15, 0.2) is 0 Å². The zero-order valence-corrected chi connectivity index (χ0v) is 11.1. The molecule has 0 atom stereocenters. The predicted octanol–water partition coefficient (Wildman–Crippen LogP) is 4.84. The number of halogens is 3. The fourth-order valence-electron chi connectivity index (χ4n) is 2.28. The summed E-state index contributed by atoms with van der Waals surface area (Å²) in [6.45, 7) is 0. The molecule has 0 N–H and O–H groups in total. The molecule has 21 heavy (non-hydrogen) atoms. The van der Waals surface area contributed by atoms with E-state index in [-0.39, 0.29) is 0 Å². The smallest absolute Gasteiger partial charge is 0.256 e. The van der Waals surface area contributed by atoms with Gasteiger partial charge in [-0.1, -0.05) is 24.3 Å². The summed E-state index contributed by atoms with van der Waals surface area (Å²) >= 11 is 0. The molecule has 1 heterocycles. The van der Waals surface area contributed by atoms with Gasteiger partial charge in [0.25, 0.3) is 0 Å². The fourth-order valence-corrected chi connectivity index (χ4v) is 2.28. The first-order valence-corrected chi connectivity index (χ1v) is 6.52. The Hall–Kier alpha value is -2.36. The van der Waals surface area contributed by atoms with Gasteiger partial charge in [-0.3, -0.25) is 4.98 Å². The first-order chi connectivity index (χ1) is 10.0. The zero-order valence-electron chi connectivity index (χ0n) is 11.1. The van der Waals surface area contributed by atoms with E-state index in [0.29, 0.717) is 6.42 Å². The van der Waals surface area contributed by atoms with Crippen LogP contribution in [0.1, 0.15) is 16.7 Å². The molecular weight excluding hydrogens is 275 g/mol. The SMILES string of the molecule is FC(F)(F)c1ccc(Cc2ccc3ncccc3c2)cc1. The molecule has 3 rings (SSSR count). The molecule has 1 nitrogen and oxygen atoms in total. The van der Waals surface area contributed by atoms with Gasteiger partial charge in [0.2, 0.25) is 0 Å². The number of nitrogens with zero attached hydrogens (tertiary/aromatic N) is 1. The van der Waals surface area contributed by atoms with E-state index in [4.69, 9.17) is 0 Å². The molecule has 1 aromatic heterocycles. The average Bonchev–Trinajstić information content (AvgIpc) is 2.47. The maximum Gasteiger partial charge on any atom is 0.416 e. The molecule has 0 spiro atoms. The Morgan fingerprint density at radius 1 is 0.857 bits per heavy atom. The van der Waals surface area contributed by atoms with E-state index in [9.17, 15) is 13.2 Å². The minimum Gasteiger partial charge on any atom is -0.256 e. The van der Waals surface area contributed by atoms with E-state index in [1.54, 1.807) is 6.20 Å². The second kappa shape index (κ2) is 5.20. The molecule has 0 aliphatic carbocycles. The Kier molecular flexibility index (Phi) is 3.37. The van der Waals surface area contributed by atoms with Crippen molar-refractivity contribution in [3.63, 3.8) is 0 Å². The molecule has 4 heteroatoms. The third-order valence-corrected chi connectivity index (χ3v) is 3.36. The van der Waals surface area contributed by atoms with E-state index in [1.165, 1.54) is 12.1 Å². The number of benzene rings is 2. The van der Waals surface area contributed by atoms with Crippen LogP contribution in [-0.4, -0.2) is 4.98 Å². The average molecular weight is 287 g/mol. The van der Waals surface area contributed by atoms with Crippen LogP contribution in [-0.2, 0) is 12.6 Å². The standard InChI is InChI=1S/C17H12F3N/c18-17(19,20)15-6-3-12(4-7-15)10-13-5-8-16-14(11-13)2-1-9-21-16/h1-9,11H,10H2. The van der Waals surface area contributed by atoms with Crippen molar-refractivity contribution in [2.24, 2.45) is 0 Å². The van der Waals surface area contributed by atoms with Crippen molar-refractivity contribution in [3.05, 3.63) is 77.5 Å². The lowest BCUT2D eigenvalue weighted by Gasteiger charge is -2.08. The summed E-state index contributed by atoms with van der Waals surface area (Å²) in [4.78, 5) is 4.24. The highest BCUT2D eigenvalue weighted by atomic mass is 19.4. The molecule has 0 saturated carbocycles. The Morgan fingerprint density at radius 2 is 1.57 bits per heavy atom. The molecule has 2 aromatic carbocycles. The predicted molar refractivity (Wildman–Crippen MR) is 76.0 cm³/mol. The van der Waals surface area contributed by atoms with Crippen molar-refractivity contribution in [2.75, 3.05) is 0 Å². The van der Waals surface area contributed by atoms with E-state index in [2.05, 4.69) is 4.98 Å². The largest absolute Gasteiger partial charge is 0.416 e. The van der Waals surface area contributed by atoms with E-state index < -0.39 is 11.7 Å². The third kappa shape index (κ3) is 3.05. The Morgan fingerprint density at radius 3 is 2.29 bits per heavy atom. The quantitative estimate of drug-likeness (QED) is 0.657. The van der Waals surface area contributed by atoms with Crippen molar-refractivity contribution >= 4 is 10.9 Å². The van der Waals surface area contributed by atoms with Gasteiger partial charge in [0.1, 0.15) is 0 Å². The first kappa shape index (κ1) is 13.6. The van der Waals surface area contributed by atoms with Crippen LogP contribution in [0.2, 0.25) is 0 Å². The first-order valence-electron chi connectivity index (χ1n) is 6.52. The monoisotopic (exact) mass is 287 g/mol.